The fourth-order valence-corrected chi connectivity index (χ4v) is 2.14. The molecule has 0 fully saturated rings. The molecule has 0 saturated carbocycles. The molecule has 0 aliphatic heterocycles. The van der Waals surface area contributed by atoms with Crippen LogP contribution in [0.2, 0.25) is 0 Å². The summed E-state index contributed by atoms with van der Waals surface area (Å²) in [4.78, 5) is 12.2. The van der Waals surface area contributed by atoms with Gasteiger partial charge in [0.25, 0.3) is 11.1 Å². The second kappa shape index (κ2) is 5.24. The molecule has 1 N–H and O–H groups in total. The number of hydrogen-bond acceptors (Lipinski definition) is 6. The summed E-state index contributed by atoms with van der Waals surface area (Å²) >= 11 is 1.17. The van der Waals surface area contributed by atoms with Gasteiger partial charge >= 0.3 is 0 Å². The second-order valence-corrected chi connectivity index (χ2v) is 6.30. The highest BCUT2D eigenvalue weighted by atomic mass is 32.1. The van der Waals surface area contributed by atoms with Crippen molar-refractivity contribution in [3.63, 3.8) is 0 Å². The number of nitrogens with zero attached hydrogens (tertiary/aromatic N) is 2. The molecular weight excluding hydrogens is 278 g/mol. The van der Waals surface area contributed by atoms with E-state index in [4.69, 9.17) is 9.15 Å². The zero-order valence-corrected chi connectivity index (χ0v) is 12.9. The summed E-state index contributed by atoms with van der Waals surface area (Å²) in [6.45, 7) is 7.86. The number of carbonyl (C=O) groups excluding carboxylic acids is 1. The zero-order valence-electron chi connectivity index (χ0n) is 12.1. The minimum Gasteiger partial charge on any atom is -0.472 e. The molecule has 0 unspecified atom stereocenters. The molecule has 0 radical (unpaired) electrons. The highest BCUT2D eigenvalue weighted by molar-refractivity contribution is 7.17. The van der Waals surface area contributed by atoms with E-state index in [2.05, 4.69) is 15.5 Å². The zero-order chi connectivity index (χ0) is 14.9. The van der Waals surface area contributed by atoms with Crippen molar-refractivity contribution in [1.82, 2.24) is 10.2 Å². The number of nitrogens with one attached hydrogen (secondary N) is 1. The van der Waals surface area contributed by atoms with Gasteiger partial charge in [0.1, 0.15) is 11.5 Å². The van der Waals surface area contributed by atoms with Crippen LogP contribution in [0.4, 0.5) is 5.13 Å². The van der Waals surface area contributed by atoms with Crippen LogP contribution in [-0.4, -0.2) is 23.2 Å². The van der Waals surface area contributed by atoms with Crippen LogP contribution in [0.25, 0.3) is 0 Å². The predicted molar refractivity (Wildman–Crippen MR) is 76.6 cm³/mol. The number of ether oxygens (including phenoxy) is 1. The van der Waals surface area contributed by atoms with E-state index >= 15 is 0 Å². The number of hydrogen-bond donors (Lipinski definition) is 1. The van der Waals surface area contributed by atoms with E-state index in [-0.39, 0.29) is 11.3 Å². The summed E-state index contributed by atoms with van der Waals surface area (Å²) in [5, 5.41) is 11.1. The summed E-state index contributed by atoms with van der Waals surface area (Å²) in [5.74, 6) is 1.10. The first-order chi connectivity index (χ1) is 9.31. The van der Waals surface area contributed by atoms with Crippen LogP contribution < -0.4 is 10.1 Å². The maximum absolute atomic E-state index is 12.2. The molecule has 0 spiro atoms. The fraction of sp³-hybridized carbons (Fsp3) is 0.462. The van der Waals surface area contributed by atoms with E-state index in [1.165, 1.54) is 18.4 Å². The van der Waals surface area contributed by atoms with Crippen molar-refractivity contribution in [3.05, 3.63) is 23.2 Å². The summed E-state index contributed by atoms with van der Waals surface area (Å²) in [7, 11) is 1.50. The molecule has 0 bridgehead atoms. The Hall–Kier alpha value is -1.89. The first-order valence-electron chi connectivity index (χ1n) is 6.11. The van der Waals surface area contributed by atoms with E-state index in [0.717, 1.165) is 5.76 Å². The molecule has 2 rings (SSSR count). The topological polar surface area (TPSA) is 77.3 Å². The molecule has 2 aromatic heterocycles. The van der Waals surface area contributed by atoms with Crippen LogP contribution in [0.1, 0.15) is 42.6 Å². The smallest absolute Gasteiger partial charge is 0.295 e. The van der Waals surface area contributed by atoms with Gasteiger partial charge in [-0.25, -0.2) is 0 Å². The van der Waals surface area contributed by atoms with Crippen molar-refractivity contribution in [2.45, 2.75) is 33.1 Å². The first-order valence-corrected chi connectivity index (χ1v) is 6.92. The molecule has 0 saturated heterocycles. The number of aromatic nitrogens is 2. The van der Waals surface area contributed by atoms with E-state index < -0.39 is 0 Å². The average molecular weight is 295 g/mol. The molecule has 2 heterocycles. The van der Waals surface area contributed by atoms with Crippen LogP contribution in [0.5, 0.6) is 5.19 Å². The van der Waals surface area contributed by atoms with Gasteiger partial charge < -0.3 is 9.15 Å². The molecule has 6 nitrogen and oxygen atoms in total. The monoisotopic (exact) mass is 295 g/mol. The van der Waals surface area contributed by atoms with Crippen molar-refractivity contribution < 1.29 is 13.9 Å². The van der Waals surface area contributed by atoms with Gasteiger partial charge in [-0.05, 0) is 24.3 Å². The number of furan rings is 1. The van der Waals surface area contributed by atoms with Crippen LogP contribution in [0.15, 0.2) is 10.5 Å². The maximum atomic E-state index is 12.2. The van der Waals surface area contributed by atoms with Crippen LogP contribution in [0.3, 0.4) is 0 Å². The molecule has 1 amide bonds. The van der Waals surface area contributed by atoms with E-state index in [1.54, 1.807) is 13.0 Å². The van der Waals surface area contributed by atoms with Gasteiger partial charge in [-0.2, -0.15) is 0 Å². The number of methoxy groups -OCH3 is 1. The minimum atomic E-state index is -0.263. The molecule has 0 aromatic carbocycles. The molecule has 0 aliphatic carbocycles. The van der Waals surface area contributed by atoms with E-state index in [0.29, 0.717) is 21.6 Å². The number of anilines is 1. The van der Waals surface area contributed by atoms with Gasteiger partial charge in [0.15, 0.2) is 0 Å². The summed E-state index contributed by atoms with van der Waals surface area (Å²) in [5.41, 5.74) is 0.360. The molecule has 2 aromatic rings. The number of rotatable bonds is 3. The maximum Gasteiger partial charge on any atom is 0.295 e. The average Bonchev–Trinajstić information content (AvgIpc) is 2.94. The third kappa shape index (κ3) is 2.98. The SMILES string of the molecule is COc1nnc(NC(=O)c2cc(C(C)(C)C)oc2C)s1. The van der Waals surface area contributed by atoms with Gasteiger partial charge in [-0.3, -0.25) is 10.1 Å². The van der Waals surface area contributed by atoms with Gasteiger partial charge in [0.05, 0.1) is 12.7 Å². The second-order valence-electron chi connectivity index (χ2n) is 5.36. The lowest BCUT2D eigenvalue weighted by molar-refractivity contribution is 0.102. The summed E-state index contributed by atoms with van der Waals surface area (Å²) in [6.07, 6.45) is 0. The number of aryl methyl sites for hydroxylation is 1. The Kier molecular flexibility index (Phi) is 3.80. The van der Waals surface area contributed by atoms with Gasteiger partial charge in [-0.1, -0.05) is 25.9 Å². The summed E-state index contributed by atoms with van der Waals surface area (Å²) in [6, 6.07) is 1.77. The van der Waals surface area contributed by atoms with Crippen LogP contribution in [-0.2, 0) is 5.41 Å². The van der Waals surface area contributed by atoms with Crippen LogP contribution in [0, 0.1) is 6.92 Å². The van der Waals surface area contributed by atoms with Crippen LogP contribution >= 0.6 is 11.3 Å². The lowest BCUT2D eigenvalue weighted by atomic mass is 9.93. The van der Waals surface area contributed by atoms with Crippen molar-refractivity contribution in [2.75, 3.05) is 12.4 Å². The van der Waals surface area contributed by atoms with Crippen molar-refractivity contribution in [3.8, 4) is 5.19 Å². The van der Waals surface area contributed by atoms with Gasteiger partial charge in [0, 0.05) is 5.41 Å². The molecule has 0 aliphatic rings. The lowest BCUT2D eigenvalue weighted by Gasteiger charge is -2.13. The van der Waals surface area contributed by atoms with Gasteiger partial charge in [0.2, 0.25) is 5.13 Å². The Morgan fingerprint density at radius 2 is 2.10 bits per heavy atom. The third-order valence-corrected chi connectivity index (χ3v) is 3.50. The molecule has 0 atom stereocenters. The lowest BCUT2D eigenvalue weighted by Crippen LogP contribution is -2.12. The Labute approximate surface area is 121 Å². The number of carbonyl (C=O) groups is 1. The van der Waals surface area contributed by atoms with E-state index in [9.17, 15) is 4.79 Å². The Balaban J connectivity index is 2.19. The minimum absolute atomic E-state index is 0.144. The standard InChI is InChI=1S/C13H17N3O3S/c1-7-8(6-9(19-7)13(2,3)4)10(17)14-11-15-16-12(18-5)20-11/h6H,1-5H3,(H,14,15,17). The largest absolute Gasteiger partial charge is 0.472 e. The molecule has 108 valence electrons. The predicted octanol–water partition coefficient (Wildman–Crippen LogP) is 3.00. The Morgan fingerprint density at radius 1 is 1.40 bits per heavy atom. The Bertz CT molecular complexity index is 625. The highest BCUT2D eigenvalue weighted by Crippen LogP contribution is 2.28. The highest BCUT2D eigenvalue weighted by Gasteiger charge is 2.23. The molecule has 20 heavy (non-hydrogen) atoms. The van der Waals surface area contributed by atoms with E-state index in [1.807, 2.05) is 20.8 Å². The van der Waals surface area contributed by atoms with Crippen molar-refractivity contribution >= 4 is 22.4 Å². The molecular formula is C13H17N3O3S. The summed E-state index contributed by atoms with van der Waals surface area (Å²) < 4.78 is 10.6. The fourth-order valence-electron chi connectivity index (χ4n) is 1.58. The van der Waals surface area contributed by atoms with Crippen molar-refractivity contribution in [2.24, 2.45) is 0 Å². The quantitative estimate of drug-likeness (QED) is 0.941. The van der Waals surface area contributed by atoms with Crippen molar-refractivity contribution in [1.29, 1.82) is 0 Å². The first kappa shape index (κ1) is 14.5. The normalized spacial score (nSPS) is 11.4. The van der Waals surface area contributed by atoms with Gasteiger partial charge in [-0.15, -0.1) is 5.10 Å². The molecule has 7 heteroatoms. The number of amides is 1. The Morgan fingerprint density at radius 3 is 2.60 bits per heavy atom. The third-order valence-electron chi connectivity index (χ3n) is 2.70.